The summed E-state index contributed by atoms with van der Waals surface area (Å²) >= 11 is 0. The monoisotopic (exact) mass is 133 g/mol. The van der Waals surface area contributed by atoms with Gasteiger partial charge in [-0.2, -0.15) is 0 Å². The van der Waals surface area contributed by atoms with Crippen LogP contribution < -0.4 is 5.32 Å². The minimum Gasteiger partial charge on any atom is -0.375 e. The molecule has 6 heavy (non-hydrogen) atoms. The Bertz CT molecular complexity index is 46.8. The molecular formula is C3H6CuN2. The molecule has 39 valence electrons. The molecule has 0 spiro atoms. The molecule has 0 bridgehead atoms. The van der Waals surface area contributed by atoms with E-state index in [1.165, 1.54) is 0 Å². The van der Waals surface area contributed by atoms with Crippen LogP contribution in [-0.2, 0) is 17.1 Å². The Hall–Kier alpha value is -0.0105. The molecule has 0 unspecified atom stereocenters. The first-order valence-corrected chi connectivity index (χ1v) is 1.72. The molecule has 1 aliphatic rings. The van der Waals surface area contributed by atoms with Crippen molar-refractivity contribution in [1.82, 2.24) is 5.32 Å². The summed E-state index contributed by atoms with van der Waals surface area (Å²) in [6.07, 6.45) is 1.74. The van der Waals surface area contributed by atoms with Crippen molar-refractivity contribution in [3.8, 4) is 0 Å². The molecule has 1 rings (SSSR count). The maximum atomic E-state index is 3.85. The Morgan fingerprint density at radius 2 is 2.50 bits per heavy atom. The maximum Gasteiger partial charge on any atom is 0.0825 e. The average Bonchev–Trinajstić information content (AvgIpc) is 1.76. The number of rotatable bonds is 0. The molecule has 0 atom stereocenters. The molecular weight excluding hydrogens is 128 g/mol. The van der Waals surface area contributed by atoms with Gasteiger partial charge in [-0.15, -0.1) is 0 Å². The van der Waals surface area contributed by atoms with Crippen LogP contribution in [0, 0.1) is 0 Å². The van der Waals surface area contributed by atoms with Crippen LogP contribution in [0.3, 0.4) is 0 Å². The van der Waals surface area contributed by atoms with E-state index in [0.29, 0.717) is 0 Å². The molecule has 0 aliphatic carbocycles. The third-order valence-electron chi connectivity index (χ3n) is 0.568. The Kier molecular flexibility index (Phi) is 3.18. The summed E-state index contributed by atoms with van der Waals surface area (Å²) in [5.41, 5.74) is 0. The molecule has 0 amide bonds. The number of nitrogens with zero attached hydrogens (tertiary/aromatic N) is 1. The van der Waals surface area contributed by atoms with Gasteiger partial charge in [-0.05, 0) is 0 Å². The molecule has 0 saturated heterocycles. The number of aliphatic imine (C=N–C) groups is 1. The summed E-state index contributed by atoms with van der Waals surface area (Å²) in [6, 6.07) is 0. The normalized spacial score (nSPS) is 16.0. The largest absolute Gasteiger partial charge is 0.375 e. The van der Waals surface area contributed by atoms with Gasteiger partial charge in [0.1, 0.15) is 0 Å². The Morgan fingerprint density at radius 1 is 1.67 bits per heavy atom. The first kappa shape index (κ1) is 5.99. The molecule has 0 aromatic carbocycles. The van der Waals surface area contributed by atoms with Gasteiger partial charge in [-0.1, -0.05) is 0 Å². The van der Waals surface area contributed by atoms with E-state index in [1.54, 1.807) is 6.34 Å². The fraction of sp³-hybridized carbons (Fsp3) is 0.667. The maximum absolute atomic E-state index is 3.85. The standard InChI is InChI=1S/C3H6N2.Cu/c1-2-5-3-4-1;/h3H,1-2H2,(H,4,5);. The van der Waals surface area contributed by atoms with Crippen LogP contribution in [0.1, 0.15) is 0 Å². The van der Waals surface area contributed by atoms with Crippen molar-refractivity contribution in [2.75, 3.05) is 13.1 Å². The van der Waals surface area contributed by atoms with Crippen LogP contribution in [-0.4, -0.2) is 19.4 Å². The van der Waals surface area contributed by atoms with Crippen molar-refractivity contribution in [3.63, 3.8) is 0 Å². The third kappa shape index (κ3) is 1.43. The smallest absolute Gasteiger partial charge is 0.0825 e. The van der Waals surface area contributed by atoms with Crippen LogP contribution in [0.2, 0.25) is 0 Å². The summed E-state index contributed by atoms with van der Waals surface area (Å²) in [5.74, 6) is 0. The number of nitrogens with one attached hydrogen (secondary N) is 1. The second-order valence-corrected chi connectivity index (χ2v) is 0.989. The quantitative estimate of drug-likeness (QED) is 0.448. The van der Waals surface area contributed by atoms with Crippen molar-refractivity contribution in [3.05, 3.63) is 0 Å². The van der Waals surface area contributed by atoms with Gasteiger partial charge in [-0.3, -0.25) is 4.99 Å². The topological polar surface area (TPSA) is 24.4 Å². The Labute approximate surface area is 47.5 Å². The van der Waals surface area contributed by atoms with Crippen molar-refractivity contribution in [2.24, 2.45) is 4.99 Å². The summed E-state index contributed by atoms with van der Waals surface area (Å²) < 4.78 is 0. The molecule has 3 heteroatoms. The Balaban J connectivity index is 0.000000250. The zero-order valence-electron chi connectivity index (χ0n) is 3.24. The average molecular weight is 134 g/mol. The molecule has 1 radical (unpaired) electrons. The van der Waals surface area contributed by atoms with Crippen LogP contribution >= 0.6 is 0 Å². The fourth-order valence-corrected chi connectivity index (χ4v) is 0.323. The molecule has 0 saturated carbocycles. The minimum absolute atomic E-state index is 0. The van der Waals surface area contributed by atoms with E-state index in [9.17, 15) is 0 Å². The molecule has 2 nitrogen and oxygen atoms in total. The first-order valence-electron chi connectivity index (χ1n) is 1.72. The van der Waals surface area contributed by atoms with Crippen LogP contribution in [0.4, 0.5) is 0 Å². The number of hydrogen-bond donors (Lipinski definition) is 1. The van der Waals surface area contributed by atoms with Crippen LogP contribution in [0.15, 0.2) is 4.99 Å². The zero-order chi connectivity index (χ0) is 3.54. The molecule has 1 aliphatic heterocycles. The van der Waals surface area contributed by atoms with Gasteiger partial charge in [0, 0.05) is 23.6 Å². The number of hydrogen-bond acceptors (Lipinski definition) is 2. The SMILES string of the molecule is C1=NCCN1.[Cu]. The van der Waals surface area contributed by atoms with Crippen molar-refractivity contribution < 1.29 is 17.1 Å². The third-order valence-corrected chi connectivity index (χ3v) is 0.568. The van der Waals surface area contributed by atoms with Crippen molar-refractivity contribution >= 4 is 6.34 Å². The van der Waals surface area contributed by atoms with Gasteiger partial charge < -0.3 is 5.32 Å². The molecule has 0 fully saturated rings. The van der Waals surface area contributed by atoms with Crippen LogP contribution in [0.25, 0.3) is 0 Å². The predicted molar refractivity (Wildman–Crippen MR) is 21.4 cm³/mol. The van der Waals surface area contributed by atoms with E-state index >= 15 is 0 Å². The molecule has 1 heterocycles. The van der Waals surface area contributed by atoms with E-state index in [1.807, 2.05) is 0 Å². The summed E-state index contributed by atoms with van der Waals surface area (Å²) in [5, 5.41) is 2.93. The van der Waals surface area contributed by atoms with Gasteiger partial charge in [0.2, 0.25) is 0 Å². The molecule has 0 aromatic rings. The predicted octanol–water partition coefficient (Wildman–Crippen LogP) is -0.385. The van der Waals surface area contributed by atoms with E-state index in [4.69, 9.17) is 0 Å². The minimum atomic E-state index is 0. The Morgan fingerprint density at radius 3 is 2.67 bits per heavy atom. The van der Waals surface area contributed by atoms with Gasteiger partial charge in [0.05, 0.1) is 12.9 Å². The van der Waals surface area contributed by atoms with Gasteiger partial charge in [0.25, 0.3) is 0 Å². The van der Waals surface area contributed by atoms with E-state index < -0.39 is 0 Å². The summed E-state index contributed by atoms with van der Waals surface area (Å²) in [6.45, 7) is 1.99. The van der Waals surface area contributed by atoms with Gasteiger partial charge in [-0.25, -0.2) is 0 Å². The zero-order valence-corrected chi connectivity index (χ0v) is 4.18. The van der Waals surface area contributed by atoms with E-state index in [2.05, 4.69) is 10.3 Å². The van der Waals surface area contributed by atoms with Gasteiger partial charge in [0.15, 0.2) is 0 Å². The molecule has 0 aromatic heterocycles. The summed E-state index contributed by atoms with van der Waals surface area (Å²) in [7, 11) is 0. The second-order valence-electron chi connectivity index (χ2n) is 0.989. The fourth-order valence-electron chi connectivity index (χ4n) is 0.323. The van der Waals surface area contributed by atoms with Crippen molar-refractivity contribution in [2.45, 2.75) is 0 Å². The van der Waals surface area contributed by atoms with E-state index in [-0.39, 0.29) is 17.1 Å². The van der Waals surface area contributed by atoms with Crippen molar-refractivity contribution in [1.29, 1.82) is 0 Å². The van der Waals surface area contributed by atoms with Gasteiger partial charge >= 0.3 is 0 Å². The first-order chi connectivity index (χ1) is 2.50. The second kappa shape index (κ2) is 3.19. The molecule has 1 N–H and O–H groups in total. The van der Waals surface area contributed by atoms with Crippen LogP contribution in [0.5, 0.6) is 0 Å². The summed E-state index contributed by atoms with van der Waals surface area (Å²) in [4.78, 5) is 3.85. The van der Waals surface area contributed by atoms with E-state index in [0.717, 1.165) is 13.1 Å².